The van der Waals surface area contributed by atoms with Crippen molar-refractivity contribution in [2.45, 2.75) is 41.5 Å². The minimum absolute atomic E-state index is 0. The largest absolute Gasteiger partial charge is 3.00 e. The van der Waals surface area contributed by atoms with Gasteiger partial charge in [0.1, 0.15) is 0 Å². The molecule has 0 bridgehead atoms. The van der Waals surface area contributed by atoms with Crippen LogP contribution in [0.2, 0.25) is 0 Å². The Balaban J connectivity index is 0. The molecule has 0 atom stereocenters. The molecule has 1 aromatic carbocycles. The molecule has 0 unspecified atom stereocenters. The van der Waals surface area contributed by atoms with E-state index in [-0.39, 0.29) is 73.2 Å². The molecule has 0 aliphatic heterocycles. The van der Waals surface area contributed by atoms with E-state index in [1.807, 2.05) is 12.1 Å². The van der Waals surface area contributed by atoms with Crippen LogP contribution >= 0.6 is 0 Å². The van der Waals surface area contributed by atoms with E-state index >= 15 is 0 Å². The van der Waals surface area contributed by atoms with Gasteiger partial charge >= 0.3 is 38.6 Å². The van der Waals surface area contributed by atoms with Gasteiger partial charge < -0.3 is 15.3 Å². The maximum Gasteiger partial charge on any atom is 3.00 e. The van der Waals surface area contributed by atoms with Crippen LogP contribution in [0, 0.1) is 38.6 Å². The molecule has 36 heavy (non-hydrogen) atoms. The fraction of sp³-hybridized carbons (Fsp3) is 0.222. The van der Waals surface area contributed by atoms with Crippen molar-refractivity contribution in [2.75, 3.05) is 0 Å². The Bertz CT molecular complexity index is 1120. The second kappa shape index (κ2) is 19.2. The molecule has 0 saturated heterocycles. The minimum atomic E-state index is -0.187. The van der Waals surface area contributed by atoms with Crippen LogP contribution in [0.25, 0.3) is 21.8 Å². The molecule has 0 aliphatic carbocycles. The summed E-state index contributed by atoms with van der Waals surface area (Å²) in [4.78, 5) is 38.6. The molecule has 9 heteroatoms. The predicted octanol–water partition coefficient (Wildman–Crippen LogP) is 2.30. The Labute approximate surface area is 241 Å². The Kier molecular flexibility index (Phi) is 18.7. The number of hydrogen-bond acceptors (Lipinski definition) is 8. The summed E-state index contributed by atoms with van der Waals surface area (Å²) < 4.78 is 0. The molecule has 8 nitrogen and oxygen atoms in total. The van der Waals surface area contributed by atoms with Crippen molar-refractivity contribution in [3.8, 4) is 0 Å². The molecule has 3 aromatic rings. The van der Waals surface area contributed by atoms with Gasteiger partial charge in [-0.25, -0.2) is 0 Å². The normalized spacial score (nSPS) is 10.9. The zero-order chi connectivity index (χ0) is 27.0. The van der Waals surface area contributed by atoms with Crippen LogP contribution in [-0.4, -0.2) is 27.3 Å². The van der Waals surface area contributed by atoms with E-state index in [1.165, 1.54) is 41.5 Å². The first-order valence-electron chi connectivity index (χ1n) is 10.5. The Hall–Kier alpha value is -3.04. The van der Waals surface area contributed by atoms with Gasteiger partial charge in [-0.1, -0.05) is 45.0 Å². The zero-order valence-corrected chi connectivity index (χ0v) is 23.2. The Morgan fingerprint density at radius 2 is 0.861 bits per heavy atom. The monoisotopic (exact) mass is 636 g/mol. The summed E-state index contributed by atoms with van der Waals surface area (Å²) in [5, 5.41) is 32.2. The van der Waals surface area contributed by atoms with Gasteiger partial charge in [-0.15, -0.1) is 17.3 Å². The van der Waals surface area contributed by atoms with Gasteiger partial charge in [0, 0.05) is 23.2 Å². The SMILES string of the molecule is CC(=O)/C=C(/C)[O-].CC(=O)/C=C(/C)[O-].CC(=O)/C=C(/C)[O-].[Tb+3].c1cnc2c(c1)ccc1cccnc12. The second-order valence-electron chi connectivity index (χ2n) is 7.31. The molecule has 192 valence electrons. The number of pyridine rings is 2. The van der Waals surface area contributed by atoms with Crippen molar-refractivity contribution in [3.05, 3.63) is 84.3 Å². The van der Waals surface area contributed by atoms with Gasteiger partial charge in [-0.05, 0) is 51.1 Å². The molecule has 2 heterocycles. The standard InChI is InChI=1S/C12H8N2.3C5H8O2.Tb/c1-3-9-5-6-10-4-2-8-14-12(10)11(9)13-7-1;3*1-4(6)3-5(2)7;/h1-8H;3*3,6H,1-2H3;/q;;;;+3/p-3/b;3*4-3-;. The average Bonchev–Trinajstić information content (AvgIpc) is 2.72. The molecule has 0 radical (unpaired) electrons. The summed E-state index contributed by atoms with van der Waals surface area (Å²) in [6.07, 6.45) is 6.77. The van der Waals surface area contributed by atoms with Gasteiger partial charge in [-0.3, -0.25) is 24.4 Å². The number of rotatable bonds is 3. The van der Waals surface area contributed by atoms with Gasteiger partial charge in [0.25, 0.3) is 0 Å². The van der Waals surface area contributed by atoms with Crippen LogP contribution in [0.5, 0.6) is 0 Å². The van der Waals surface area contributed by atoms with Crippen LogP contribution in [-0.2, 0) is 14.4 Å². The van der Waals surface area contributed by atoms with E-state index in [1.54, 1.807) is 12.4 Å². The number of allylic oxidation sites excluding steroid dienone is 6. The fourth-order valence-electron chi connectivity index (χ4n) is 2.54. The topological polar surface area (TPSA) is 146 Å². The number of hydrogen-bond donors (Lipinski definition) is 0. The molecule has 3 rings (SSSR count). The molecular weight excluding hydrogens is 607 g/mol. The van der Waals surface area contributed by atoms with Gasteiger partial charge in [-0.2, -0.15) is 0 Å². The molecule has 0 N–H and O–H groups in total. The number of nitrogens with zero attached hydrogens (tertiary/aromatic N) is 2. The minimum Gasteiger partial charge on any atom is -0.876 e. The molecule has 0 saturated carbocycles. The Morgan fingerprint density at radius 3 is 1.06 bits per heavy atom. The number of aromatic nitrogens is 2. The van der Waals surface area contributed by atoms with Crippen molar-refractivity contribution in [3.63, 3.8) is 0 Å². The third-order valence-electron chi connectivity index (χ3n) is 3.56. The molecular formula is C27H29N2O6Tb. The van der Waals surface area contributed by atoms with E-state index in [0.717, 1.165) is 40.0 Å². The maximum absolute atomic E-state index is 9.98. The van der Waals surface area contributed by atoms with E-state index in [0.29, 0.717) is 0 Å². The molecule has 0 spiro atoms. The van der Waals surface area contributed by atoms with Gasteiger partial charge in [0.2, 0.25) is 0 Å². The van der Waals surface area contributed by atoms with Crippen LogP contribution in [0.3, 0.4) is 0 Å². The van der Waals surface area contributed by atoms with Crippen LogP contribution in [0.15, 0.2) is 84.3 Å². The number of ketones is 3. The summed E-state index contributed by atoms with van der Waals surface area (Å²) in [5.41, 5.74) is 1.95. The quantitative estimate of drug-likeness (QED) is 0.242. The van der Waals surface area contributed by atoms with E-state index in [9.17, 15) is 29.7 Å². The van der Waals surface area contributed by atoms with E-state index < -0.39 is 0 Å². The first kappa shape index (κ1) is 35.1. The van der Waals surface area contributed by atoms with Crippen molar-refractivity contribution in [2.24, 2.45) is 0 Å². The fourth-order valence-corrected chi connectivity index (χ4v) is 2.54. The first-order valence-corrected chi connectivity index (χ1v) is 10.5. The first-order chi connectivity index (χ1) is 16.3. The summed E-state index contributed by atoms with van der Waals surface area (Å²) >= 11 is 0. The smallest absolute Gasteiger partial charge is 0.876 e. The second-order valence-corrected chi connectivity index (χ2v) is 7.31. The van der Waals surface area contributed by atoms with Crippen molar-refractivity contribution < 1.29 is 68.3 Å². The maximum atomic E-state index is 9.98. The van der Waals surface area contributed by atoms with Crippen molar-refractivity contribution >= 4 is 39.2 Å². The zero-order valence-electron chi connectivity index (χ0n) is 21.0. The summed E-state index contributed by atoms with van der Waals surface area (Å²) in [6, 6.07) is 12.1. The van der Waals surface area contributed by atoms with Crippen molar-refractivity contribution in [1.29, 1.82) is 0 Å². The number of fused-ring (bicyclic) bond motifs is 3. The van der Waals surface area contributed by atoms with Crippen LogP contribution < -0.4 is 15.3 Å². The van der Waals surface area contributed by atoms with Crippen LogP contribution in [0.1, 0.15) is 41.5 Å². The van der Waals surface area contributed by atoms with E-state index in [2.05, 4.69) is 34.2 Å². The third kappa shape index (κ3) is 17.4. The number of carbonyl (C=O) groups is 3. The Morgan fingerprint density at radius 1 is 0.583 bits per heavy atom. The average molecular weight is 636 g/mol. The van der Waals surface area contributed by atoms with Gasteiger partial charge in [0.15, 0.2) is 17.3 Å². The van der Waals surface area contributed by atoms with E-state index in [4.69, 9.17) is 0 Å². The van der Waals surface area contributed by atoms with Gasteiger partial charge in [0.05, 0.1) is 11.0 Å². The molecule has 0 aliphatic rings. The summed E-state index contributed by atoms with van der Waals surface area (Å²) in [7, 11) is 0. The summed E-state index contributed by atoms with van der Waals surface area (Å²) in [5.74, 6) is -1.12. The third-order valence-corrected chi connectivity index (χ3v) is 3.56. The molecule has 0 fully saturated rings. The van der Waals surface area contributed by atoms with Crippen molar-refractivity contribution in [1.82, 2.24) is 9.97 Å². The number of benzene rings is 1. The predicted molar refractivity (Wildman–Crippen MR) is 130 cm³/mol. The number of carbonyl (C=O) groups excluding carboxylic acids is 3. The molecule has 0 amide bonds. The van der Waals surface area contributed by atoms with Crippen LogP contribution in [0.4, 0.5) is 0 Å². The molecule has 2 aromatic heterocycles. The summed E-state index contributed by atoms with van der Waals surface area (Å²) in [6.45, 7) is 8.09.